The van der Waals surface area contributed by atoms with E-state index < -0.39 is 0 Å². The van der Waals surface area contributed by atoms with E-state index in [1.54, 1.807) is 26.3 Å². The number of benzene rings is 1. The van der Waals surface area contributed by atoms with Gasteiger partial charge in [0, 0.05) is 38.5 Å². The first-order valence-corrected chi connectivity index (χ1v) is 8.76. The molecule has 142 valence electrons. The van der Waals surface area contributed by atoms with Crippen LogP contribution in [-0.4, -0.2) is 43.0 Å². The molecule has 0 aliphatic heterocycles. The number of halogens is 1. The number of aromatic nitrogens is 2. The first-order valence-electron chi connectivity index (χ1n) is 8.76. The number of guanidine groups is 1. The Labute approximate surface area is 154 Å². The van der Waals surface area contributed by atoms with Gasteiger partial charge < -0.3 is 15.4 Å². The molecule has 0 spiro atoms. The van der Waals surface area contributed by atoms with E-state index in [4.69, 9.17) is 4.74 Å². The lowest BCUT2D eigenvalue weighted by molar-refractivity contribution is 0.182. The Morgan fingerprint density at radius 1 is 1.23 bits per heavy atom. The van der Waals surface area contributed by atoms with E-state index >= 15 is 0 Å². The molecule has 0 bridgehead atoms. The van der Waals surface area contributed by atoms with Crippen molar-refractivity contribution in [2.45, 2.75) is 33.4 Å². The fraction of sp³-hybridized carbons (Fsp3) is 0.474. The molecule has 0 aliphatic rings. The molecule has 2 N–H and O–H groups in total. The third-order valence-corrected chi connectivity index (χ3v) is 4.31. The molecule has 1 heterocycles. The average Bonchev–Trinajstić information content (AvgIpc) is 2.91. The number of rotatable bonds is 8. The van der Waals surface area contributed by atoms with E-state index in [1.165, 1.54) is 17.7 Å². The lowest BCUT2D eigenvalue weighted by Gasteiger charge is -2.12. The van der Waals surface area contributed by atoms with Crippen molar-refractivity contribution in [3.63, 3.8) is 0 Å². The van der Waals surface area contributed by atoms with Crippen LogP contribution in [0.5, 0.6) is 0 Å². The minimum absolute atomic E-state index is 0.212. The minimum Gasteiger partial charge on any atom is -0.383 e. The Morgan fingerprint density at radius 2 is 1.96 bits per heavy atom. The van der Waals surface area contributed by atoms with Crippen LogP contribution in [0.25, 0.3) is 0 Å². The summed E-state index contributed by atoms with van der Waals surface area (Å²) < 4.78 is 20.0. The van der Waals surface area contributed by atoms with Gasteiger partial charge >= 0.3 is 0 Å². The molecule has 0 saturated heterocycles. The van der Waals surface area contributed by atoms with E-state index in [0.717, 1.165) is 42.4 Å². The predicted molar refractivity (Wildman–Crippen MR) is 102 cm³/mol. The summed E-state index contributed by atoms with van der Waals surface area (Å²) >= 11 is 0. The fourth-order valence-corrected chi connectivity index (χ4v) is 2.75. The largest absolute Gasteiger partial charge is 0.383 e. The topological polar surface area (TPSA) is 63.5 Å². The van der Waals surface area contributed by atoms with Crippen molar-refractivity contribution in [3.05, 3.63) is 52.6 Å². The van der Waals surface area contributed by atoms with Gasteiger partial charge in [0.05, 0.1) is 18.8 Å². The maximum atomic E-state index is 12.9. The molecule has 2 aromatic rings. The van der Waals surface area contributed by atoms with Gasteiger partial charge in [-0.25, -0.2) is 4.39 Å². The van der Waals surface area contributed by atoms with Gasteiger partial charge in [-0.05, 0) is 38.0 Å². The highest BCUT2D eigenvalue weighted by atomic mass is 19.1. The molecule has 2 rings (SSSR count). The van der Waals surface area contributed by atoms with Gasteiger partial charge in [-0.1, -0.05) is 12.1 Å². The van der Waals surface area contributed by atoms with E-state index in [1.807, 2.05) is 11.6 Å². The molecular formula is C19H28FN5O. The van der Waals surface area contributed by atoms with Crippen LogP contribution in [0.1, 0.15) is 22.5 Å². The maximum Gasteiger partial charge on any atom is 0.191 e. The zero-order valence-corrected chi connectivity index (χ0v) is 16.0. The summed E-state index contributed by atoms with van der Waals surface area (Å²) in [6, 6.07) is 6.56. The van der Waals surface area contributed by atoms with Crippen molar-refractivity contribution in [2.75, 3.05) is 27.3 Å². The number of aliphatic imine (C=N–C) groups is 1. The molecule has 0 fully saturated rings. The van der Waals surface area contributed by atoms with Gasteiger partial charge in [-0.2, -0.15) is 5.10 Å². The van der Waals surface area contributed by atoms with Crippen LogP contribution in [0.2, 0.25) is 0 Å². The standard InChI is InChI=1S/C19H28FN5O/c1-14-18(15(2)25(24-14)11-12-26-4)13-23-19(21-3)22-10-9-16-5-7-17(20)8-6-16/h5-8H,9-13H2,1-4H3,(H2,21,22,23). The molecule has 26 heavy (non-hydrogen) atoms. The second-order valence-electron chi connectivity index (χ2n) is 6.09. The van der Waals surface area contributed by atoms with Gasteiger partial charge in [0.15, 0.2) is 5.96 Å². The first-order chi connectivity index (χ1) is 12.5. The Bertz CT molecular complexity index is 724. The molecule has 6 nitrogen and oxygen atoms in total. The predicted octanol–water partition coefficient (Wildman–Crippen LogP) is 2.19. The van der Waals surface area contributed by atoms with Gasteiger partial charge in [0.1, 0.15) is 5.82 Å². The molecule has 0 unspecified atom stereocenters. The first kappa shape index (κ1) is 19.9. The molecule has 0 aliphatic carbocycles. The van der Waals surface area contributed by atoms with Gasteiger partial charge in [-0.3, -0.25) is 9.67 Å². The van der Waals surface area contributed by atoms with Crippen molar-refractivity contribution in [1.82, 2.24) is 20.4 Å². The molecule has 1 aromatic carbocycles. The number of hydrogen-bond acceptors (Lipinski definition) is 3. The van der Waals surface area contributed by atoms with Crippen molar-refractivity contribution in [1.29, 1.82) is 0 Å². The Hall–Kier alpha value is -2.41. The van der Waals surface area contributed by atoms with Crippen LogP contribution in [0.3, 0.4) is 0 Å². The Morgan fingerprint density at radius 3 is 2.62 bits per heavy atom. The van der Waals surface area contributed by atoms with Gasteiger partial charge in [0.25, 0.3) is 0 Å². The molecule has 0 radical (unpaired) electrons. The van der Waals surface area contributed by atoms with E-state index in [9.17, 15) is 4.39 Å². The fourth-order valence-electron chi connectivity index (χ4n) is 2.75. The normalized spacial score (nSPS) is 11.7. The van der Waals surface area contributed by atoms with Crippen LogP contribution >= 0.6 is 0 Å². The Kier molecular flexibility index (Phi) is 7.59. The second kappa shape index (κ2) is 9.91. The summed E-state index contributed by atoms with van der Waals surface area (Å²) in [7, 11) is 3.44. The highest BCUT2D eigenvalue weighted by molar-refractivity contribution is 5.79. The molecule has 0 atom stereocenters. The van der Waals surface area contributed by atoms with Crippen molar-refractivity contribution in [3.8, 4) is 0 Å². The summed E-state index contributed by atoms with van der Waals surface area (Å²) in [5.74, 6) is 0.520. The summed E-state index contributed by atoms with van der Waals surface area (Å²) in [5, 5.41) is 11.2. The smallest absolute Gasteiger partial charge is 0.191 e. The SMILES string of the molecule is CN=C(NCCc1ccc(F)cc1)NCc1c(C)nn(CCOC)c1C. The van der Waals surface area contributed by atoms with Crippen LogP contribution in [0.4, 0.5) is 4.39 Å². The number of nitrogens with one attached hydrogen (secondary N) is 2. The van der Waals surface area contributed by atoms with Gasteiger partial charge in [0.2, 0.25) is 0 Å². The van der Waals surface area contributed by atoms with Crippen molar-refractivity contribution < 1.29 is 9.13 Å². The van der Waals surface area contributed by atoms with E-state index in [2.05, 4.69) is 27.6 Å². The maximum absolute atomic E-state index is 12.9. The van der Waals surface area contributed by atoms with Crippen LogP contribution < -0.4 is 10.6 Å². The highest BCUT2D eigenvalue weighted by Crippen LogP contribution is 2.12. The van der Waals surface area contributed by atoms with Gasteiger partial charge in [-0.15, -0.1) is 0 Å². The van der Waals surface area contributed by atoms with Crippen LogP contribution in [-0.2, 0) is 24.2 Å². The summed E-state index contributed by atoms with van der Waals surface area (Å²) in [6.45, 7) is 6.84. The third-order valence-electron chi connectivity index (χ3n) is 4.31. The summed E-state index contributed by atoms with van der Waals surface area (Å²) in [5.41, 5.74) is 4.39. The molecule has 7 heteroatoms. The number of ether oxygens (including phenoxy) is 1. The van der Waals surface area contributed by atoms with E-state index in [-0.39, 0.29) is 5.82 Å². The molecule has 1 aromatic heterocycles. The molecular weight excluding hydrogens is 333 g/mol. The number of hydrogen-bond donors (Lipinski definition) is 2. The van der Waals surface area contributed by atoms with E-state index in [0.29, 0.717) is 13.2 Å². The average molecular weight is 361 g/mol. The molecule has 0 amide bonds. The lowest BCUT2D eigenvalue weighted by Crippen LogP contribution is -2.38. The number of aryl methyl sites for hydroxylation is 1. The summed E-state index contributed by atoms with van der Waals surface area (Å²) in [6.07, 6.45) is 0.800. The van der Waals surface area contributed by atoms with Crippen molar-refractivity contribution >= 4 is 5.96 Å². The second-order valence-corrected chi connectivity index (χ2v) is 6.09. The Balaban J connectivity index is 1.85. The van der Waals surface area contributed by atoms with Crippen LogP contribution in [0.15, 0.2) is 29.3 Å². The lowest BCUT2D eigenvalue weighted by atomic mass is 10.1. The number of nitrogens with zero attached hydrogens (tertiary/aromatic N) is 3. The summed E-state index contributed by atoms with van der Waals surface area (Å²) in [4.78, 5) is 4.25. The zero-order valence-electron chi connectivity index (χ0n) is 16.0. The van der Waals surface area contributed by atoms with Crippen molar-refractivity contribution in [2.24, 2.45) is 4.99 Å². The number of methoxy groups -OCH3 is 1. The minimum atomic E-state index is -0.212. The molecule has 0 saturated carbocycles. The third kappa shape index (κ3) is 5.56. The monoisotopic (exact) mass is 361 g/mol. The zero-order chi connectivity index (χ0) is 18.9. The highest BCUT2D eigenvalue weighted by Gasteiger charge is 2.11. The van der Waals surface area contributed by atoms with Crippen LogP contribution in [0, 0.1) is 19.7 Å². The quantitative estimate of drug-likeness (QED) is 0.559.